The summed E-state index contributed by atoms with van der Waals surface area (Å²) in [5, 5.41) is 6.85. The molecule has 0 aliphatic heterocycles. The van der Waals surface area contributed by atoms with Crippen LogP contribution in [0.3, 0.4) is 0 Å². The van der Waals surface area contributed by atoms with E-state index in [4.69, 9.17) is 19.4 Å². The first-order valence-electron chi connectivity index (χ1n) is 18.0. The fourth-order valence-corrected chi connectivity index (χ4v) is 8.97. The average Bonchev–Trinajstić information content (AvgIpc) is 3.82. The van der Waals surface area contributed by atoms with Crippen molar-refractivity contribution in [2.45, 2.75) is 0 Å². The van der Waals surface area contributed by atoms with Gasteiger partial charge in [-0.1, -0.05) is 133 Å². The first-order chi connectivity index (χ1) is 26.8. The topological polar surface area (TPSA) is 51.8 Å². The molecule has 0 atom stereocenters. The number of thiophene rings is 1. The maximum absolute atomic E-state index is 6.29. The van der Waals surface area contributed by atoms with Crippen LogP contribution in [0.5, 0.6) is 0 Å². The van der Waals surface area contributed by atoms with Crippen LogP contribution in [0.4, 0.5) is 0 Å². The van der Waals surface area contributed by atoms with Gasteiger partial charge in [-0.05, 0) is 75.5 Å². The highest BCUT2D eigenvalue weighted by atomic mass is 32.1. The van der Waals surface area contributed by atoms with Gasteiger partial charge in [0.2, 0.25) is 0 Å². The van der Waals surface area contributed by atoms with Gasteiger partial charge in [0.1, 0.15) is 11.2 Å². The Morgan fingerprint density at radius 2 is 0.926 bits per heavy atom. The number of aromatic nitrogens is 3. The predicted octanol–water partition coefficient (Wildman–Crippen LogP) is 13.6. The zero-order valence-corrected chi connectivity index (χ0v) is 29.7. The molecule has 0 unspecified atom stereocenters. The zero-order chi connectivity index (χ0) is 35.6. The van der Waals surface area contributed by atoms with E-state index in [9.17, 15) is 0 Å². The lowest BCUT2D eigenvalue weighted by Gasteiger charge is -2.15. The molecule has 4 nitrogen and oxygen atoms in total. The number of fused-ring (bicyclic) bond motifs is 7. The third kappa shape index (κ3) is 4.94. The Bertz CT molecular complexity index is 3230. The molecule has 5 heteroatoms. The first kappa shape index (κ1) is 30.7. The number of nitrogens with zero attached hydrogens (tertiary/aromatic N) is 3. The van der Waals surface area contributed by atoms with Gasteiger partial charge in [-0.2, -0.15) is 0 Å². The van der Waals surface area contributed by atoms with Crippen LogP contribution in [-0.4, -0.2) is 15.0 Å². The Labute approximate surface area is 314 Å². The van der Waals surface area contributed by atoms with Gasteiger partial charge in [0.15, 0.2) is 17.5 Å². The van der Waals surface area contributed by atoms with Crippen LogP contribution in [-0.2, 0) is 0 Å². The molecule has 0 saturated heterocycles. The van der Waals surface area contributed by atoms with Crippen molar-refractivity contribution in [3.05, 3.63) is 176 Å². The van der Waals surface area contributed by atoms with Crippen molar-refractivity contribution < 1.29 is 4.42 Å². The maximum Gasteiger partial charge on any atom is 0.164 e. The van der Waals surface area contributed by atoms with Gasteiger partial charge in [-0.15, -0.1) is 11.3 Å². The van der Waals surface area contributed by atoms with Gasteiger partial charge < -0.3 is 4.42 Å². The molecule has 3 heterocycles. The van der Waals surface area contributed by atoms with Gasteiger partial charge in [-0.3, -0.25) is 0 Å². The molecule has 0 fully saturated rings. The normalized spacial score (nSPS) is 11.7. The van der Waals surface area contributed by atoms with Crippen molar-refractivity contribution in [3.8, 4) is 56.4 Å². The number of hydrogen-bond acceptors (Lipinski definition) is 5. The Hall–Kier alpha value is -6.95. The second-order valence-corrected chi connectivity index (χ2v) is 14.6. The molecule has 11 aromatic rings. The summed E-state index contributed by atoms with van der Waals surface area (Å²) in [7, 11) is 0. The highest BCUT2D eigenvalue weighted by Crippen LogP contribution is 2.42. The van der Waals surface area contributed by atoms with Crippen molar-refractivity contribution in [2.24, 2.45) is 0 Å². The monoisotopic (exact) mass is 707 g/mol. The molecule has 0 bridgehead atoms. The minimum Gasteiger partial charge on any atom is -0.456 e. The van der Waals surface area contributed by atoms with Crippen molar-refractivity contribution in [2.75, 3.05) is 0 Å². The van der Waals surface area contributed by atoms with Crippen LogP contribution in [0, 0.1) is 0 Å². The summed E-state index contributed by atoms with van der Waals surface area (Å²) in [5.41, 5.74) is 9.05. The van der Waals surface area contributed by atoms with Crippen LogP contribution < -0.4 is 0 Å². The molecular weight excluding hydrogens is 679 g/mol. The van der Waals surface area contributed by atoms with Crippen LogP contribution in [0.25, 0.3) is 109 Å². The lowest BCUT2D eigenvalue weighted by atomic mass is 9.92. The van der Waals surface area contributed by atoms with Crippen molar-refractivity contribution in [1.29, 1.82) is 0 Å². The van der Waals surface area contributed by atoms with Crippen molar-refractivity contribution in [3.63, 3.8) is 0 Å². The van der Waals surface area contributed by atoms with E-state index < -0.39 is 0 Å². The Kier molecular flexibility index (Phi) is 7.00. The molecular formula is C49H29N3OS. The molecule has 3 aromatic heterocycles. The van der Waals surface area contributed by atoms with E-state index in [1.54, 1.807) is 0 Å². The molecule has 0 spiro atoms. The van der Waals surface area contributed by atoms with E-state index in [-0.39, 0.29) is 0 Å². The highest BCUT2D eigenvalue weighted by Gasteiger charge is 2.20. The molecule has 8 aromatic carbocycles. The smallest absolute Gasteiger partial charge is 0.164 e. The number of furan rings is 1. The molecule has 0 amide bonds. The lowest BCUT2D eigenvalue weighted by molar-refractivity contribution is 0.669. The fraction of sp³-hybridized carbons (Fsp3) is 0. The van der Waals surface area contributed by atoms with Crippen LogP contribution >= 0.6 is 11.3 Å². The fourth-order valence-electron chi connectivity index (χ4n) is 7.89. The first-order valence-corrected chi connectivity index (χ1v) is 18.8. The minimum atomic E-state index is 0.628. The van der Waals surface area contributed by atoms with E-state index in [1.165, 1.54) is 20.2 Å². The van der Waals surface area contributed by atoms with Crippen LogP contribution in [0.15, 0.2) is 180 Å². The summed E-state index contributed by atoms with van der Waals surface area (Å²) in [6.07, 6.45) is 0. The predicted molar refractivity (Wildman–Crippen MR) is 225 cm³/mol. The molecule has 0 radical (unpaired) electrons. The quantitative estimate of drug-likeness (QED) is 0.179. The summed E-state index contributed by atoms with van der Waals surface area (Å²) in [6, 6.07) is 61.5. The maximum atomic E-state index is 6.29. The molecule has 0 aliphatic carbocycles. The summed E-state index contributed by atoms with van der Waals surface area (Å²) in [5.74, 6) is 1.90. The number of rotatable bonds is 5. The zero-order valence-electron chi connectivity index (χ0n) is 28.9. The van der Waals surface area contributed by atoms with E-state index in [2.05, 4.69) is 152 Å². The minimum absolute atomic E-state index is 0.628. The third-order valence-corrected chi connectivity index (χ3v) is 11.5. The molecule has 0 saturated carbocycles. The van der Waals surface area contributed by atoms with Crippen molar-refractivity contribution >= 4 is 64.2 Å². The molecule has 54 heavy (non-hydrogen) atoms. The van der Waals surface area contributed by atoms with Gasteiger partial charge in [-0.25, -0.2) is 15.0 Å². The summed E-state index contributed by atoms with van der Waals surface area (Å²) < 4.78 is 8.80. The summed E-state index contributed by atoms with van der Waals surface area (Å²) in [6.45, 7) is 0. The van der Waals surface area contributed by atoms with Gasteiger partial charge in [0.25, 0.3) is 0 Å². The molecule has 0 N–H and O–H groups in total. The summed E-state index contributed by atoms with van der Waals surface area (Å²) in [4.78, 5) is 15.8. The van der Waals surface area contributed by atoms with E-state index in [0.717, 1.165) is 71.7 Å². The van der Waals surface area contributed by atoms with Gasteiger partial charge in [0.05, 0.1) is 0 Å². The Morgan fingerprint density at radius 1 is 0.333 bits per heavy atom. The van der Waals surface area contributed by atoms with E-state index >= 15 is 0 Å². The van der Waals surface area contributed by atoms with Crippen LogP contribution in [0.2, 0.25) is 0 Å². The van der Waals surface area contributed by atoms with Gasteiger partial charge in [0, 0.05) is 47.6 Å². The largest absolute Gasteiger partial charge is 0.456 e. The summed E-state index contributed by atoms with van der Waals surface area (Å²) >= 11 is 1.81. The number of benzene rings is 8. The molecule has 11 rings (SSSR count). The third-order valence-electron chi connectivity index (χ3n) is 10.4. The van der Waals surface area contributed by atoms with Crippen molar-refractivity contribution in [1.82, 2.24) is 15.0 Å². The Balaban J connectivity index is 1.15. The molecule has 0 aliphatic rings. The average molecular weight is 708 g/mol. The van der Waals surface area contributed by atoms with E-state index in [1.807, 2.05) is 35.6 Å². The van der Waals surface area contributed by atoms with Crippen LogP contribution in [0.1, 0.15) is 0 Å². The van der Waals surface area contributed by atoms with Gasteiger partial charge >= 0.3 is 0 Å². The number of hydrogen-bond donors (Lipinski definition) is 0. The highest BCUT2D eigenvalue weighted by molar-refractivity contribution is 7.25. The second-order valence-electron chi connectivity index (χ2n) is 13.5. The molecule has 252 valence electrons. The number of para-hydroxylation sites is 1. The second kappa shape index (κ2) is 12.3. The van der Waals surface area contributed by atoms with E-state index in [0.29, 0.717) is 17.5 Å². The SMILES string of the molecule is c1ccc(-c2ccccc2-c2nc(-c3ccc4sc5ccccc5c4c3)nc(-c3ccc(-c4cccc5oc6ccccc6c45)c4ccccc34)n2)cc1. The lowest BCUT2D eigenvalue weighted by Crippen LogP contribution is -2.01. The standard InChI is InChI=1S/C49H29N3OS/c1-2-13-30(14-3-1)32-15-4-7-19-38(32)48-50-47(31-25-28-45-41(29-31)36-18-9-11-24-44(36)54-45)51-49(52-48)39-27-26-35(33-16-5-6-17-34(33)39)37-21-12-23-43-46(37)40-20-8-10-22-42(40)53-43/h1-29H. The Morgan fingerprint density at radius 3 is 1.78 bits per heavy atom.